The topological polar surface area (TPSA) is 39.7 Å². The van der Waals surface area contributed by atoms with Crippen molar-refractivity contribution in [3.8, 4) is 11.5 Å². The van der Waals surface area contributed by atoms with E-state index < -0.39 is 0 Å². The Morgan fingerprint density at radius 2 is 1.96 bits per heavy atom. The van der Waals surface area contributed by atoms with Crippen LogP contribution in [-0.4, -0.2) is 25.9 Å². The van der Waals surface area contributed by atoms with Crippen LogP contribution in [-0.2, 0) is 17.9 Å². The largest absolute Gasteiger partial charge is 0.490 e. The fourth-order valence-corrected chi connectivity index (χ4v) is 3.85. The zero-order valence-electron chi connectivity index (χ0n) is 15.8. The molecule has 1 fully saturated rings. The standard InChI is InChI=1S/C21H24Cl3NO3/c1-2-26-20-9-14(11-25-12-17-4-3-7-27-17)8-19(24)21(20)28-13-15-5-6-16(22)10-18(15)23/h5-6,8-10,17,25H,2-4,7,11-13H2,1H3/t17-/m0/s1. The van der Waals surface area contributed by atoms with Gasteiger partial charge in [-0.3, -0.25) is 0 Å². The second-order valence-electron chi connectivity index (χ2n) is 6.63. The molecule has 0 aliphatic carbocycles. The molecule has 1 aliphatic rings. The Hall–Kier alpha value is -1.17. The molecule has 0 radical (unpaired) electrons. The van der Waals surface area contributed by atoms with Crippen molar-refractivity contribution in [2.75, 3.05) is 19.8 Å². The average molecular weight is 445 g/mol. The van der Waals surface area contributed by atoms with Crippen LogP contribution in [0.3, 0.4) is 0 Å². The minimum atomic E-state index is 0.270. The lowest BCUT2D eigenvalue weighted by Crippen LogP contribution is -2.25. The van der Waals surface area contributed by atoms with E-state index in [1.807, 2.05) is 25.1 Å². The van der Waals surface area contributed by atoms with E-state index in [1.54, 1.807) is 12.1 Å². The molecule has 1 aliphatic heterocycles. The van der Waals surface area contributed by atoms with E-state index in [0.717, 1.165) is 37.1 Å². The molecule has 0 spiro atoms. The van der Waals surface area contributed by atoms with Crippen molar-refractivity contribution in [3.63, 3.8) is 0 Å². The quantitative estimate of drug-likeness (QED) is 0.523. The number of hydrogen-bond donors (Lipinski definition) is 1. The normalized spacial score (nSPS) is 16.4. The molecule has 1 N–H and O–H groups in total. The smallest absolute Gasteiger partial charge is 0.180 e. The van der Waals surface area contributed by atoms with Crippen molar-refractivity contribution in [1.82, 2.24) is 5.32 Å². The van der Waals surface area contributed by atoms with Gasteiger partial charge in [0.05, 0.1) is 17.7 Å². The molecule has 0 amide bonds. The maximum atomic E-state index is 6.50. The zero-order chi connectivity index (χ0) is 19.9. The third-order valence-corrected chi connectivity index (χ3v) is 5.35. The average Bonchev–Trinajstić information content (AvgIpc) is 3.16. The maximum Gasteiger partial charge on any atom is 0.180 e. The summed E-state index contributed by atoms with van der Waals surface area (Å²) >= 11 is 18.7. The second kappa shape index (κ2) is 10.6. The Morgan fingerprint density at radius 1 is 1.11 bits per heavy atom. The summed E-state index contributed by atoms with van der Waals surface area (Å²) in [5.41, 5.74) is 1.86. The fourth-order valence-electron chi connectivity index (χ4n) is 3.10. The van der Waals surface area contributed by atoms with Crippen molar-refractivity contribution in [3.05, 3.63) is 56.5 Å². The molecule has 152 valence electrons. The highest BCUT2D eigenvalue weighted by atomic mass is 35.5. The van der Waals surface area contributed by atoms with E-state index in [0.29, 0.717) is 45.8 Å². The molecule has 0 bridgehead atoms. The van der Waals surface area contributed by atoms with Crippen molar-refractivity contribution in [2.24, 2.45) is 0 Å². The number of nitrogens with one attached hydrogen (secondary N) is 1. The van der Waals surface area contributed by atoms with Crippen LogP contribution in [0.4, 0.5) is 0 Å². The number of halogens is 3. The van der Waals surface area contributed by atoms with Gasteiger partial charge in [-0.25, -0.2) is 0 Å². The predicted molar refractivity (Wildman–Crippen MR) is 114 cm³/mol. The van der Waals surface area contributed by atoms with E-state index >= 15 is 0 Å². The molecule has 2 aromatic carbocycles. The number of benzene rings is 2. The van der Waals surface area contributed by atoms with Crippen LogP contribution in [0.2, 0.25) is 15.1 Å². The lowest BCUT2D eigenvalue weighted by atomic mass is 10.2. The van der Waals surface area contributed by atoms with E-state index in [4.69, 9.17) is 49.0 Å². The van der Waals surface area contributed by atoms with Crippen molar-refractivity contribution < 1.29 is 14.2 Å². The van der Waals surface area contributed by atoms with Crippen LogP contribution in [0.5, 0.6) is 11.5 Å². The van der Waals surface area contributed by atoms with Gasteiger partial charge >= 0.3 is 0 Å². The molecule has 28 heavy (non-hydrogen) atoms. The molecule has 4 nitrogen and oxygen atoms in total. The second-order valence-corrected chi connectivity index (χ2v) is 7.88. The SMILES string of the molecule is CCOc1cc(CNC[C@@H]2CCCO2)cc(Cl)c1OCc1ccc(Cl)cc1Cl. The molecule has 1 saturated heterocycles. The molecule has 0 unspecified atom stereocenters. The van der Waals surface area contributed by atoms with E-state index in [9.17, 15) is 0 Å². The fraction of sp³-hybridized carbons (Fsp3) is 0.429. The minimum absolute atomic E-state index is 0.270. The van der Waals surface area contributed by atoms with Crippen LogP contribution in [0.25, 0.3) is 0 Å². The highest BCUT2D eigenvalue weighted by Crippen LogP contribution is 2.37. The molecule has 3 rings (SSSR count). The van der Waals surface area contributed by atoms with Crippen LogP contribution in [0, 0.1) is 0 Å². The van der Waals surface area contributed by atoms with Gasteiger partial charge in [-0.05, 0) is 49.6 Å². The first kappa shape index (κ1) is 21.5. The van der Waals surface area contributed by atoms with Crippen LogP contribution in [0.15, 0.2) is 30.3 Å². The molecule has 0 saturated carbocycles. The maximum absolute atomic E-state index is 6.50. The van der Waals surface area contributed by atoms with Crippen LogP contribution >= 0.6 is 34.8 Å². The third kappa shape index (κ3) is 5.91. The monoisotopic (exact) mass is 443 g/mol. The van der Waals surface area contributed by atoms with Crippen LogP contribution < -0.4 is 14.8 Å². The first-order valence-electron chi connectivity index (χ1n) is 9.41. The molecule has 0 aromatic heterocycles. The predicted octanol–water partition coefficient (Wildman–Crippen LogP) is 5.89. The van der Waals surface area contributed by atoms with Gasteiger partial charge < -0.3 is 19.5 Å². The number of rotatable bonds is 9. The molecule has 1 atom stereocenters. The zero-order valence-corrected chi connectivity index (χ0v) is 18.0. The molecule has 2 aromatic rings. The Kier molecular flexibility index (Phi) is 8.12. The van der Waals surface area contributed by atoms with Gasteiger partial charge in [0, 0.05) is 35.3 Å². The van der Waals surface area contributed by atoms with E-state index in [1.165, 1.54) is 0 Å². The molecular formula is C21H24Cl3NO3. The Bertz CT molecular complexity index is 795. The first-order chi connectivity index (χ1) is 13.6. The Morgan fingerprint density at radius 3 is 2.68 bits per heavy atom. The highest BCUT2D eigenvalue weighted by molar-refractivity contribution is 6.35. The van der Waals surface area contributed by atoms with Crippen molar-refractivity contribution in [2.45, 2.75) is 39.0 Å². The Labute approximate surface area is 181 Å². The summed E-state index contributed by atoms with van der Waals surface area (Å²) in [5, 5.41) is 5.06. The summed E-state index contributed by atoms with van der Waals surface area (Å²) in [5.74, 6) is 1.13. The summed E-state index contributed by atoms with van der Waals surface area (Å²) in [7, 11) is 0. The summed E-state index contributed by atoms with van der Waals surface area (Å²) in [6, 6.07) is 9.15. The van der Waals surface area contributed by atoms with Gasteiger partial charge in [-0.1, -0.05) is 40.9 Å². The summed E-state index contributed by atoms with van der Waals surface area (Å²) in [6.07, 6.45) is 2.54. The third-order valence-electron chi connectivity index (χ3n) is 4.48. The van der Waals surface area contributed by atoms with Crippen LogP contribution in [0.1, 0.15) is 30.9 Å². The highest BCUT2D eigenvalue weighted by Gasteiger charge is 2.16. The molecule has 7 heteroatoms. The van der Waals surface area contributed by atoms with Gasteiger partial charge in [-0.2, -0.15) is 0 Å². The summed E-state index contributed by atoms with van der Waals surface area (Å²) in [6.45, 7) is 5.08. The number of ether oxygens (including phenoxy) is 3. The van der Waals surface area contributed by atoms with E-state index in [2.05, 4.69) is 5.32 Å². The van der Waals surface area contributed by atoms with Gasteiger partial charge in [-0.15, -0.1) is 0 Å². The van der Waals surface area contributed by atoms with Crippen molar-refractivity contribution >= 4 is 34.8 Å². The van der Waals surface area contributed by atoms with Gasteiger partial charge in [0.1, 0.15) is 6.61 Å². The molecular weight excluding hydrogens is 421 g/mol. The molecule has 1 heterocycles. The van der Waals surface area contributed by atoms with Gasteiger partial charge in [0.15, 0.2) is 11.5 Å². The van der Waals surface area contributed by atoms with E-state index in [-0.39, 0.29) is 6.61 Å². The lowest BCUT2D eigenvalue weighted by molar-refractivity contribution is 0.110. The van der Waals surface area contributed by atoms with Gasteiger partial charge in [0.2, 0.25) is 0 Å². The van der Waals surface area contributed by atoms with Crippen molar-refractivity contribution in [1.29, 1.82) is 0 Å². The Balaban J connectivity index is 1.67. The summed E-state index contributed by atoms with van der Waals surface area (Å²) < 4.78 is 17.3. The van der Waals surface area contributed by atoms with Gasteiger partial charge in [0.25, 0.3) is 0 Å². The minimum Gasteiger partial charge on any atom is -0.490 e. The lowest BCUT2D eigenvalue weighted by Gasteiger charge is -2.17. The number of hydrogen-bond acceptors (Lipinski definition) is 4. The first-order valence-corrected chi connectivity index (χ1v) is 10.5. The summed E-state index contributed by atoms with van der Waals surface area (Å²) in [4.78, 5) is 0.